The fourth-order valence-electron chi connectivity index (χ4n) is 2.08. The Hall–Kier alpha value is -0.280. The molecule has 1 aromatic carbocycles. The zero-order valence-corrected chi connectivity index (χ0v) is 10.9. The van der Waals surface area contributed by atoms with Crippen molar-refractivity contribution in [1.29, 1.82) is 0 Å². The van der Waals surface area contributed by atoms with Crippen LogP contribution in [0.3, 0.4) is 0 Å². The Balaban J connectivity index is 0.00000112. The van der Waals surface area contributed by atoms with Crippen molar-refractivity contribution in [2.24, 2.45) is 5.73 Å². The van der Waals surface area contributed by atoms with Gasteiger partial charge in [-0.25, -0.2) is 0 Å². The van der Waals surface area contributed by atoms with Gasteiger partial charge in [0.2, 0.25) is 0 Å². The van der Waals surface area contributed by atoms with Crippen molar-refractivity contribution in [3.63, 3.8) is 0 Å². The van der Waals surface area contributed by atoms with E-state index in [4.69, 9.17) is 5.73 Å². The van der Waals surface area contributed by atoms with E-state index in [1.54, 1.807) is 0 Å². The minimum atomic E-state index is 0. The maximum atomic E-state index is 5.57. The average molecular weight is 263 g/mol. The Morgan fingerprint density at radius 3 is 2.12 bits per heavy atom. The third-order valence-electron chi connectivity index (χ3n) is 3.03. The summed E-state index contributed by atoms with van der Waals surface area (Å²) >= 11 is 0. The van der Waals surface area contributed by atoms with E-state index in [-0.39, 0.29) is 24.8 Å². The SMILES string of the molecule is Cl.Cl.NCc1ccc(C2CCNCC2)cc1. The molecule has 0 spiro atoms. The van der Waals surface area contributed by atoms with E-state index >= 15 is 0 Å². The number of nitrogens with two attached hydrogens (primary N) is 1. The summed E-state index contributed by atoms with van der Waals surface area (Å²) in [6, 6.07) is 8.77. The Morgan fingerprint density at radius 1 is 1.06 bits per heavy atom. The highest BCUT2D eigenvalue weighted by Crippen LogP contribution is 2.24. The van der Waals surface area contributed by atoms with Crippen LogP contribution in [0.25, 0.3) is 0 Å². The van der Waals surface area contributed by atoms with E-state index in [2.05, 4.69) is 29.6 Å². The summed E-state index contributed by atoms with van der Waals surface area (Å²) in [5.41, 5.74) is 8.27. The van der Waals surface area contributed by atoms with Gasteiger partial charge in [-0.05, 0) is 43.0 Å². The average Bonchev–Trinajstić information content (AvgIpc) is 2.30. The molecule has 1 fully saturated rings. The van der Waals surface area contributed by atoms with Gasteiger partial charge in [-0.3, -0.25) is 0 Å². The molecule has 0 aromatic heterocycles. The predicted octanol–water partition coefficient (Wildman–Crippen LogP) is 2.46. The van der Waals surface area contributed by atoms with Crippen LogP contribution in [0.5, 0.6) is 0 Å². The molecule has 0 bridgehead atoms. The van der Waals surface area contributed by atoms with Gasteiger partial charge in [-0.2, -0.15) is 0 Å². The van der Waals surface area contributed by atoms with Gasteiger partial charge in [-0.1, -0.05) is 24.3 Å². The lowest BCUT2D eigenvalue weighted by atomic mass is 9.90. The molecular weight excluding hydrogens is 243 g/mol. The molecule has 0 radical (unpaired) electrons. The molecule has 0 amide bonds. The van der Waals surface area contributed by atoms with Gasteiger partial charge < -0.3 is 11.1 Å². The minimum Gasteiger partial charge on any atom is -0.326 e. The maximum Gasteiger partial charge on any atom is 0.0178 e. The third kappa shape index (κ3) is 3.95. The Morgan fingerprint density at radius 2 is 1.62 bits per heavy atom. The van der Waals surface area contributed by atoms with Crippen molar-refractivity contribution in [1.82, 2.24) is 5.32 Å². The van der Waals surface area contributed by atoms with Gasteiger partial charge in [0.05, 0.1) is 0 Å². The van der Waals surface area contributed by atoms with Crippen LogP contribution in [0.1, 0.15) is 29.9 Å². The largest absolute Gasteiger partial charge is 0.326 e. The van der Waals surface area contributed by atoms with Crippen LogP contribution in [0, 0.1) is 0 Å². The molecular formula is C12H20Cl2N2. The molecule has 0 saturated carbocycles. The standard InChI is InChI=1S/C12H18N2.2ClH/c13-9-10-1-3-11(4-2-10)12-5-7-14-8-6-12;;/h1-4,12,14H,5-9,13H2;2*1H. The van der Waals surface area contributed by atoms with Crippen LogP contribution >= 0.6 is 24.8 Å². The van der Waals surface area contributed by atoms with Gasteiger partial charge in [0.15, 0.2) is 0 Å². The summed E-state index contributed by atoms with van der Waals surface area (Å²) in [4.78, 5) is 0. The first kappa shape index (κ1) is 15.7. The smallest absolute Gasteiger partial charge is 0.0178 e. The van der Waals surface area contributed by atoms with E-state index in [1.807, 2.05) is 0 Å². The fraction of sp³-hybridized carbons (Fsp3) is 0.500. The monoisotopic (exact) mass is 262 g/mol. The Labute approximate surface area is 110 Å². The van der Waals surface area contributed by atoms with Crippen LogP contribution in [0.2, 0.25) is 0 Å². The van der Waals surface area contributed by atoms with Crippen molar-refractivity contribution in [3.05, 3.63) is 35.4 Å². The lowest BCUT2D eigenvalue weighted by molar-refractivity contribution is 0.460. The fourth-order valence-corrected chi connectivity index (χ4v) is 2.08. The van der Waals surface area contributed by atoms with Crippen LogP contribution in [-0.2, 0) is 6.54 Å². The van der Waals surface area contributed by atoms with Crippen molar-refractivity contribution < 1.29 is 0 Å². The summed E-state index contributed by atoms with van der Waals surface area (Å²) in [7, 11) is 0. The number of hydrogen-bond donors (Lipinski definition) is 2. The highest BCUT2D eigenvalue weighted by Gasteiger charge is 2.14. The van der Waals surface area contributed by atoms with E-state index < -0.39 is 0 Å². The first-order valence-electron chi connectivity index (χ1n) is 5.40. The summed E-state index contributed by atoms with van der Waals surface area (Å²) in [5.74, 6) is 0.753. The predicted molar refractivity (Wildman–Crippen MR) is 73.7 cm³/mol. The molecule has 0 atom stereocenters. The number of halogens is 2. The van der Waals surface area contributed by atoms with Crippen LogP contribution < -0.4 is 11.1 Å². The van der Waals surface area contributed by atoms with E-state index in [0.29, 0.717) is 6.54 Å². The Kier molecular flexibility index (Phi) is 7.77. The maximum absolute atomic E-state index is 5.57. The molecule has 92 valence electrons. The van der Waals surface area contributed by atoms with Gasteiger partial charge in [0, 0.05) is 6.54 Å². The quantitative estimate of drug-likeness (QED) is 0.860. The highest BCUT2D eigenvalue weighted by molar-refractivity contribution is 5.85. The summed E-state index contributed by atoms with van der Waals surface area (Å²) < 4.78 is 0. The van der Waals surface area contributed by atoms with E-state index in [9.17, 15) is 0 Å². The second-order valence-corrected chi connectivity index (χ2v) is 3.97. The highest BCUT2D eigenvalue weighted by atomic mass is 35.5. The number of rotatable bonds is 2. The number of piperidine rings is 1. The third-order valence-corrected chi connectivity index (χ3v) is 3.03. The molecule has 1 aliphatic rings. The van der Waals surface area contributed by atoms with Crippen molar-refractivity contribution in [2.75, 3.05) is 13.1 Å². The normalized spacial score (nSPS) is 16.1. The van der Waals surface area contributed by atoms with Crippen molar-refractivity contribution in [3.8, 4) is 0 Å². The second kappa shape index (κ2) is 7.91. The lowest BCUT2D eigenvalue weighted by Gasteiger charge is -2.23. The van der Waals surface area contributed by atoms with Gasteiger partial charge in [-0.15, -0.1) is 24.8 Å². The molecule has 1 aliphatic heterocycles. The molecule has 2 nitrogen and oxygen atoms in total. The molecule has 2 rings (SSSR count). The molecule has 0 aliphatic carbocycles. The molecule has 1 saturated heterocycles. The molecule has 16 heavy (non-hydrogen) atoms. The molecule has 3 N–H and O–H groups in total. The summed E-state index contributed by atoms with van der Waals surface area (Å²) in [6.45, 7) is 2.96. The number of nitrogens with one attached hydrogen (secondary N) is 1. The number of benzene rings is 1. The summed E-state index contributed by atoms with van der Waals surface area (Å²) in [5, 5.41) is 3.39. The van der Waals surface area contributed by atoms with Crippen molar-refractivity contribution >= 4 is 24.8 Å². The van der Waals surface area contributed by atoms with Gasteiger partial charge in [0.25, 0.3) is 0 Å². The number of hydrogen-bond acceptors (Lipinski definition) is 2. The summed E-state index contributed by atoms with van der Waals surface area (Å²) in [6.07, 6.45) is 2.53. The zero-order chi connectivity index (χ0) is 9.80. The van der Waals surface area contributed by atoms with E-state index in [0.717, 1.165) is 19.0 Å². The van der Waals surface area contributed by atoms with Gasteiger partial charge in [0.1, 0.15) is 0 Å². The van der Waals surface area contributed by atoms with Crippen molar-refractivity contribution in [2.45, 2.75) is 25.3 Å². The van der Waals surface area contributed by atoms with Crippen LogP contribution in [0.15, 0.2) is 24.3 Å². The molecule has 4 heteroatoms. The first-order chi connectivity index (χ1) is 6.90. The lowest BCUT2D eigenvalue weighted by Crippen LogP contribution is -2.26. The molecule has 1 aromatic rings. The zero-order valence-electron chi connectivity index (χ0n) is 9.32. The first-order valence-corrected chi connectivity index (χ1v) is 5.40. The molecule has 1 heterocycles. The Bertz CT molecular complexity index is 282. The van der Waals surface area contributed by atoms with Crippen LogP contribution in [0.4, 0.5) is 0 Å². The van der Waals surface area contributed by atoms with E-state index in [1.165, 1.54) is 24.0 Å². The van der Waals surface area contributed by atoms with Gasteiger partial charge >= 0.3 is 0 Å². The minimum absolute atomic E-state index is 0. The topological polar surface area (TPSA) is 38.0 Å². The van der Waals surface area contributed by atoms with Crippen LogP contribution in [-0.4, -0.2) is 13.1 Å². The second-order valence-electron chi connectivity index (χ2n) is 3.97. The molecule has 0 unspecified atom stereocenters.